The van der Waals surface area contributed by atoms with E-state index in [2.05, 4.69) is 16.3 Å². The fraction of sp³-hybridized carbons (Fsp3) is 0.462. The fourth-order valence-corrected chi connectivity index (χ4v) is 2.28. The van der Waals surface area contributed by atoms with Gasteiger partial charge in [0, 0.05) is 31.2 Å². The Morgan fingerprint density at radius 3 is 2.71 bits per heavy atom. The van der Waals surface area contributed by atoms with E-state index in [0.717, 1.165) is 42.3 Å². The van der Waals surface area contributed by atoms with Gasteiger partial charge in [0.15, 0.2) is 0 Å². The Morgan fingerprint density at radius 1 is 1.41 bits per heavy atom. The van der Waals surface area contributed by atoms with Crippen molar-refractivity contribution in [3.63, 3.8) is 0 Å². The number of halogens is 1. The highest BCUT2D eigenvalue weighted by Gasteiger charge is 2.21. The number of hydrogen-bond donors (Lipinski definition) is 1. The predicted molar refractivity (Wildman–Crippen MR) is 69.0 cm³/mol. The van der Waals surface area contributed by atoms with Crippen LogP contribution in [0.15, 0.2) is 18.2 Å². The molecule has 90 valence electrons. The van der Waals surface area contributed by atoms with E-state index >= 15 is 0 Å². The maximum Gasteiger partial charge on any atom is 0.123 e. The first-order chi connectivity index (χ1) is 8.22. The van der Waals surface area contributed by atoms with E-state index in [1.54, 1.807) is 0 Å². The second kappa shape index (κ2) is 5.50. The van der Waals surface area contributed by atoms with Crippen molar-refractivity contribution in [3.8, 4) is 6.07 Å². The Hall–Kier alpha value is -1.08. The van der Waals surface area contributed by atoms with Gasteiger partial charge in [-0.15, -0.1) is 0 Å². The fourth-order valence-electron chi connectivity index (χ4n) is 2.09. The molecule has 1 aromatic carbocycles. The van der Waals surface area contributed by atoms with Crippen LogP contribution in [0.3, 0.4) is 0 Å². The summed E-state index contributed by atoms with van der Waals surface area (Å²) in [6, 6.07) is 8.07. The Labute approximate surface area is 107 Å². The number of rotatable bonds is 2. The molecule has 1 fully saturated rings. The lowest BCUT2D eigenvalue weighted by atomic mass is 10.0. The van der Waals surface area contributed by atoms with Gasteiger partial charge in [-0.3, -0.25) is 4.90 Å². The molecule has 0 aliphatic carbocycles. The van der Waals surface area contributed by atoms with Crippen LogP contribution in [0, 0.1) is 18.3 Å². The monoisotopic (exact) mass is 249 g/mol. The number of hydrogen-bond acceptors (Lipinski definition) is 3. The van der Waals surface area contributed by atoms with Gasteiger partial charge >= 0.3 is 0 Å². The predicted octanol–water partition coefficient (Wildman–Crippen LogP) is 2.12. The first-order valence-electron chi connectivity index (χ1n) is 5.83. The molecule has 1 aromatic rings. The molecular weight excluding hydrogens is 234 g/mol. The number of nitrogens with zero attached hydrogens (tertiary/aromatic N) is 2. The molecule has 3 nitrogen and oxygen atoms in total. The van der Waals surface area contributed by atoms with Crippen LogP contribution in [-0.4, -0.2) is 31.1 Å². The molecule has 2 rings (SSSR count). The molecule has 1 atom stereocenters. The van der Waals surface area contributed by atoms with Crippen molar-refractivity contribution in [2.24, 2.45) is 0 Å². The number of piperazine rings is 1. The van der Waals surface area contributed by atoms with Crippen LogP contribution in [0.4, 0.5) is 0 Å². The lowest BCUT2D eigenvalue weighted by Crippen LogP contribution is -2.44. The zero-order chi connectivity index (χ0) is 12.3. The smallest absolute Gasteiger partial charge is 0.123 e. The number of nitriles is 1. The highest BCUT2D eigenvalue weighted by Crippen LogP contribution is 2.25. The number of nitrogens with one attached hydrogen (secondary N) is 1. The maximum absolute atomic E-state index is 9.34. The topological polar surface area (TPSA) is 39.1 Å². The molecule has 0 aromatic heterocycles. The Morgan fingerprint density at radius 2 is 2.12 bits per heavy atom. The van der Waals surface area contributed by atoms with Crippen molar-refractivity contribution in [2.45, 2.75) is 13.0 Å². The molecule has 0 saturated carbocycles. The molecule has 4 heteroatoms. The third-order valence-corrected chi connectivity index (χ3v) is 3.56. The minimum atomic E-state index is -0.185. The summed E-state index contributed by atoms with van der Waals surface area (Å²) in [6.07, 6.45) is 0. The molecule has 17 heavy (non-hydrogen) atoms. The summed E-state index contributed by atoms with van der Waals surface area (Å²) in [6.45, 7) is 5.67. The molecule has 1 saturated heterocycles. The van der Waals surface area contributed by atoms with E-state index in [9.17, 15) is 5.26 Å². The van der Waals surface area contributed by atoms with Gasteiger partial charge < -0.3 is 5.32 Å². The number of aryl methyl sites for hydroxylation is 1. The van der Waals surface area contributed by atoms with Gasteiger partial charge in [0.05, 0.1) is 6.07 Å². The highest BCUT2D eigenvalue weighted by molar-refractivity contribution is 6.31. The minimum Gasteiger partial charge on any atom is -0.314 e. The van der Waals surface area contributed by atoms with Crippen LogP contribution in [0.5, 0.6) is 0 Å². The highest BCUT2D eigenvalue weighted by atomic mass is 35.5. The van der Waals surface area contributed by atoms with E-state index in [-0.39, 0.29) is 6.04 Å². The zero-order valence-electron chi connectivity index (χ0n) is 9.91. The van der Waals surface area contributed by atoms with E-state index in [1.807, 2.05) is 25.1 Å². The second-order valence-electron chi connectivity index (χ2n) is 4.33. The van der Waals surface area contributed by atoms with Crippen LogP contribution in [-0.2, 0) is 0 Å². The molecule has 0 amide bonds. The second-order valence-corrected chi connectivity index (χ2v) is 4.73. The van der Waals surface area contributed by atoms with E-state index in [1.165, 1.54) is 0 Å². The van der Waals surface area contributed by atoms with E-state index in [4.69, 9.17) is 11.6 Å². The summed E-state index contributed by atoms with van der Waals surface area (Å²) in [5, 5.41) is 13.4. The van der Waals surface area contributed by atoms with E-state index in [0.29, 0.717) is 0 Å². The Balaban J connectivity index is 2.22. The van der Waals surface area contributed by atoms with Crippen molar-refractivity contribution in [1.29, 1.82) is 5.26 Å². The van der Waals surface area contributed by atoms with Gasteiger partial charge in [0.1, 0.15) is 6.04 Å². The van der Waals surface area contributed by atoms with Crippen LogP contribution >= 0.6 is 11.6 Å². The van der Waals surface area contributed by atoms with Gasteiger partial charge in [0.25, 0.3) is 0 Å². The minimum absolute atomic E-state index is 0.185. The first kappa shape index (κ1) is 12.4. The zero-order valence-corrected chi connectivity index (χ0v) is 10.7. The van der Waals surface area contributed by atoms with Crippen molar-refractivity contribution in [1.82, 2.24) is 10.2 Å². The summed E-state index contributed by atoms with van der Waals surface area (Å²) in [5.41, 5.74) is 2.04. The lowest BCUT2D eigenvalue weighted by Gasteiger charge is -2.31. The average Bonchev–Trinajstić information content (AvgIpc) is 2.36. The van der Waals surface area contributed by atoms with Crippen LogP contribution < -0.4 is 5.32 Å². The standard InChI is InChI=1S/C13H16ClN3/c1-10-2-3-11(8-12(10)14)13(9-15)17-6-4-16-5-7-17/h2-3,8,13,16H,4-7H2,1H3. The Kier molecular flexibility index (Phi) is 4.01. The summed E-state index contributed by atoms with van der Waals surface area (Å²) >= 11 is 6.11. The molecule has 0 bridgehead atoms. The van der Waals surface area contributed by atoms with Gasteiger partial charge in [-0.25, -0.2) is 0 Å². The largest absolute Gasteiger partial charge is 0.314 e. The Bertz CT molecular complexity index is 433. The van der Waals surface area contributed by atoms with Crippen molar-refractivity contribution in [3.05, 3.63) is 34.3 Å². The molecule has 0 radical (unpaired) electrons. The summed E-state index contributed by atoms with van der Waals surface area (Å²) < 4.78 is 0. The molecule has 1 aliphatic heterocycles. The molecule has 1 aliphatic rings. The van der Waals surface area contributed by atoms with Crippen molar-refractivity contribution < 1.29 is 0 Å². The van der Waals surface area contributed by atoms with E-state index < -0.39 is 0 Å². The summed E-state index contributed by atoms with van der Waals surface area (Å²) in [4.78, 5) is 2.19. The van der Waals surface area contributed by atoms with Crippen LogP contribution in [0.2, 0.25) is 5.02 Å². The third kappa shape index (κ3) is 2.78. The quantitative estimate of drug-likeness (QED) is 0.873. The maximum atomic E-state index is 9.34. The van der Waals surface area contributed by atoms with Gasteiger partial charge in [0.2, 0.25) is 0 Å². The molecule has 1 N–H and O–H groups in total. The van der Waals surface area contributed by atoms with Gasteiger partial charge in [-0.1, -0.05) is 23.7 Å². The molecule has 1 unspecified atom stereocenters. The van der Waals surface area contributed by atoms with Crippen LogP contribution in [0.1, 0.15) is 17.2 Å². The van der Waals surface area contributed by atoms with Gasteiger partial charge in [-0.2, -0.15) is 5.26 Å². The van der Waals surface area contributed by atoms with Crippen molar-refractivity contribution >= 4 is 11.6 Å². The summed E-state index contributed by atoms with van der Waals surface area (Å²) in [5.74, 6) is 0. The lowest BCUT2D eigenvalue weighted by molar-refractivity contribution is 0.207. The molecule has 0 spiro atoms. The molecule has 1 heterocycles. The molecular formula is C13H16ClN3. The average molecular weight is 250 g/mol. The van der Waals surface area contributed by atoms with Gasteiger partial charge in [-0.05, 0) is 24.1 Å². The SMILES string of the molecule is Cc1ccc(C(C#N)N2CCNCC2)cc1Cl. The first-order valence-corrected chi connectivity index (χ1v) is 6.20. The normalized spacial score (nSPS) is 18.6. The van der Waals surface area contributed by atoms with Crippen molar-refractivity contribution in [2.75, 3.05) is 26.2 Å². The third-order valence-electron chi connectivity index (χ3n) is 3.15. The number of benzene rings is 1. The van der Waals surface area contributed by atoms with Crippen LogP contribution in [0.25, 0.3) is 0 Å². The summed E-state index contributed by atoms with van der Waals surface area (Å²) in [7, 11) is 0.